The summed E-state index contributed by atoms with van der Waals surface area (Å²) in [4.78, 5) is 25.5. The first-order valence-corrected chi connectivity index (χ1v) is 11.9. The largest absolute Gasteiger partial charge is 0.416 e. The van der Waals surface area contributed by atoms with Crippen LogP contribution in [0.2, 0.25) is 5.02 Å². The van der Waals surface area contributed by atoms with Crippen molar-refractivity contribution in [1.82, 2.24) is 9.88 Å². The molecule has 1 heterocycles. The van der Waals surface area contributed by atoms with Crippen LogP contribution in [0.5, 0.6) is 5.88 Å². The second-order valence-corrected chi connectivity index (χ2v) is 9.00. The van der Waals surface area contributed by atoms with Crippen LogP contribution in [-0.2, 0) is 13.2 Å². The van der Waals surface area contributed by atoms with E-state index in [9.17, 15) is 22.8 Å². The quantitative estimate of drug-likeness (QED) is 0.266. The van der Waals surface area contributed by atoms with Crippen LogP contribution in [0.1, 0.15) is 34.5 Å². The number of hydrogen-bond donors (Lipinski definition) is 2. The lowest BCUT2D eigenvalue weighted by Gasteiger charge is -2.14. The van der Waals surface area contributed by atoms with Crippen molar-refractivity contribution in [3.8, 4) is 17.0 Å². The molecule has 0 aliphatic carbocycles. The van der Waals surface area contributed by atoms with Crippen molar-refractivity contribution in [2.24, 2.45) is 7.05 Å². The van der Waals surface area contributed by atoms with Crippen LogP contribution < -0.4 is 15.4 Å². The van der Waals surface area contributed by atoms with Crippen molar-refractivity contribution in [2.45, 2.75) is 19.1 Å². The first-order valence-electron chi connectivity index (χ1n) is 11.5. The van der Waals surface area contributed by atoms with Gasteiger partial charge in [-0.1, -0.05) is 54.1 Å². The van der Waals surface area contributed by atoms with Gasteiger partial charge in [-0.3, -0.25) is 4.79 Å². The molecular weight excluding hydrogens is 519 g/mol. The van der Waals surface area contributed by atoms with Gasteiger partial charge in [0.1, 0.15) is 0 Å². The van der Waals surface area contributed by atoms with Crippen LogP contribution in [-0.4, -0.2) is 16.6 Å². The van der Waals surface area contributed by atoms with E-state index in [1.54, 1.807) is 68.7 Å². The monoisotopic (exact) mass is 541 g/mol. The minimum Gasteiger partial charge on any atom is -0.393 e. The summed E-state index contributed by atoms with van der Waals surface area (Å²) in [6, 6.07) is 19.4. The number of aromatic nitrogens is 1. The number of carbonyl (C=O) groups is 2. The SMILES string of the molecule is C[C@@H](NC(=O)Oc1cc(NC(=O)c2ccccc2-c2ccc(C(F)(F)F)cc2)cn1C)c1ccc(Cl)cc1. The van der Waals surface area contributed by atoms with E-state index in [1.165, 1.54) is 22.8 Å². The van der Waals surface area contributed by atoms with Gasteiger partial charge in [-0.2, -0.15) is 13.2 Å². The van der Waals surface area contributed by atoms with Crippen LogP contribution in [0, 0.1) is 0 Å². The number of nitrogens with one attached hydrogen (secondary N) is 2. The third-order valence-electron chi connectivity index (χ3n) is 5.81. The summed E-state index contributed by atoms with van der Waals surface area (Å²) in [6.45, 7) is 1.80. The molecule has 0 radical (unpaired) electrons. The van der Waals surface area contributed by atoms with Crippen molar-refractivity contribution in [3.05, 3.63) is 107 Å². The van der Waals surface area contributed by atoms with Gasteiger partial charge in [-0.05, 0) is 53.9 Å². The average Bonchev–Trinajstić information content (AvgIpc) is 3.21. The van der Waals surface area contributed by atoms with E-state index in [1.807, 2.05) is 0 Å². The summed E-state index contributed by atoms with van der Waals surface area (Å²) in [5.74, 6) is -0.282. The molecule has 196 valence electrons. The lowest BCUT2D eigenvalue weighted by molar-refractivity contribution is -0.137. The van der Waals surface area contributed by atoms with Gasteiger partial charge in [-0.25, -0.2) is 4.79 Å². The molecule has 10 heteroatoms. The number of carbonyl (C=O) groups excluding carboxylic acids is 2. The number of rotatable bonds is 6. The van der Waals surface area contributed by atoms with Crippen LogP contribution >= 0.6 is 11.6 Å². The van der Waals surface area contributed by atoms with Crippen molar-refractivity contribution in [1.29, 1.82) is 0 Å². The molecule has 3 aromatic carbocycles. The fraction of sp³-hybridized carbons (Fsp3) is 0.143. The average molecular weight is 542 g/mol. The van der Waals surface area contributed by atoms with E-state index < -0.39 is 23.7 Å². The molecule has 2 N–H and O–H groups in total. The molecule has 0 saturated heterocycles. The molecule has 6 nitrogen and oxygen atoms in total. The maximum absolute atomic E-state index is 13.1. The standard InChI is InChI=1S/C28H23ClF3N3O3/c1-17(18-9-13-21(29)14-10-18)33-27(37)38-25-15-22(16-35(25)2)34-26(36)24-6-4-3-5-23(24)19-7-11-20(12-8-19)28(30,31)32/h3-17H,1-2H3,(H,33,37)(H,34,36)/t17-/m1/s1. The maximum Gasteiger partial charge on any atom is 0.416 e. The first kappa shape index (κ1) is 26.8. The maximum atomic E-state index is 13.1. The number of benzene rings is 3. The zero-order valence-electron chi connectivity index (χ0n) is 20.3. The number of hydrogen-bond acceptors (Lipinski definition) is 3. The molecule has 4 rings (SSSR count). The second kappa shape index (κ2) is 11.0. The molecule has 4 aromatic rings. The number of amides is 2. The van der Waals surface area contributed by atoms with Crippen molar-refractivity contribution >= 4 is 29.3 Å². The number of aryl methyl sites for hydroxylation is 1. The zero-order chi connectivity index (χ0) is 27.4. The highest BCUT2D eigenvalue weighted by Crippen LogP contribution is 2.32. The third-order valence-corrected chi connectivity index (χ3v) is 6.07. The van der Waals surface area contributed by atoms with E-state index >= 15 is 0 Å². The fourth-order valence-electron chi connectivity index (χ4n) is 3.82. The van der Waals surface area contributed by atoms with Gasteiger partial charge in [-0.15, -0.1) is 0 Å². The molecule has 0 aliphatic heterocycles. The first-order chi connectivity index (χ1) is 18.0. The van der Waals surface area contributed by atoms with Gasteiger partial charge < -0.3 is 19.9 Å². The minimum atomic E-state index is -4.45. The van der Waals surface area contributed by atoms with Gasteiger partial charge >= 0.3 is 12.3 Å². The van der Waals surface area contributed by atoms with Crippen LogP contribution in [0.4, 0.5) is 23.7 Å². The van der Waals surface area contributed by atoms with Gasteiger partial charge in [0.15, 0.2) is 0 Å². The summed E-state index contributed by atoms with van der Waals surface area (Å²) in [5, 5.41) is 6.06. The van der Waals surface area contributed by atoms with Gasteiger partial charge in [0.25, 0.3) is 5.91 Å². The Labute approximate surface area is 222 Å². The molecule has 0 fully saturated rings. The second-order valence-electron chi connectivity index (χ2n) is 8.56. The Balaban J connectivity index is 1.45. The Morgan fingerprint density at radius 3 is 2.29 bits per heavy atom. The van der Waals surface area contributed by atoms with Crippen LogP contribution in [0.25, 0.3) is 11.1 Å². The zero-order valence-corrected chi connectivity index (χ0v) is 21.1. The molecule has 0 aliphatic rings. The van der Waals surface area contributed by atoms with Crippen molar-refractivity contribution in [2.75, 3.05) is 5.32 Å². The van der Waals surface area contributed by atoms with Crippen molar-refractivity contribution in [3.63, 3.8) is 0 Å². The Bertz CT molecular complexity index is 1450. The number of halogens is 4. The highest BCUT2D eigenvalue weighted by Gasteiger charge is 2.30. The molecule has 2 amide bonds. The number of alkyl halides is 3. The Morgan fingerprint density at radius 1 is 0.974 bits per heavy atom. The van der Waals surface area contributed by atoms with E-state index in [4.69, 9.17) is 16.3 Å². The van der Waals surface area contributed by atoms with Gasteiger partial charge in [0, 0.05) is 29.9 Å². The molecule has 0 saturated carbocycles. The summed E-state index contributed by atoms with van der Waals surface area (Å²) in [6.07, 6.45) is -3.56. The highest BCUT2D eigenvalue weighted by molar-refractivity contribution is 6.30. The molecule has 0 bridgehead atoms. The van der Waals surface area contributed by atoms with E-state index in [0.29, 0.717) is 21.8 Å². The Hall–Kier alpha value is -4.24. The predicted octanol–water partition coefficient (Wildman–Crippen LogP) is 7.47. The molecule has 1 aromatic heterocycles. The molecule has 1 atom stereocenters. The van der Waals surface area contributed by atoms with Gasteiger partial charge in [0.2, 0.25) is 5.88 Å². The van der Waals surface area contributed by atoms with Crippen LogP contribution in [0.15, 0.2) is 85.1 Å². The van der Waals surface area contributed by atoms with Crippen molar-refractivity contribution < 1.29 is 27.5 Å². The minimum absolute atomic E-state index is 0.192. The highest BCUT2D eigenvalue weighted by atomic mass is 35.5. The summed E-state index contributed by atoms with van der Waals surface area (Å²) >= 11 is 5.90. The van der Waals surface area contributed by atoms with E-state index in [0.717, 1.165) is 17.7 Å². The predicted molar refractivity (Wildman–Crippen MR) is 139 cm³/mol. The van der Waals surface area contributed by atoms with E-state index in [-0.39, 0.29) is 17.5 Å². The summed E-state index contributed by atoms with van der Waals surface area (Å²) in [5.41, 5.74) is 1.65. The summed E-state index contributed by atoms with van der Waals surface area (Å²) < 4.78 is 45.7. The topological polar surface area (TPSA) is 72.4 Å². The summed E-state index contributed by atoms with van der Waals surface area (Å²) in [7, 11) is 1.65. The molecule has 0 spiro atoms. The number of anilines is 1. The molecular formula is C28H23ClF3N3O3. The number of nitrogens with zero attached hydrogens (tertiary/aromatic N) is 1. The smallest absolute Gasteiger partial charge is 0.393 e. The van der Waals surface area contributed by atoms with E-state index in [2.05, 4.69) is 10.6 Å². The third kappa shape index (κ3) is 6.36. The molecule has 0 unspecified atom stereocenters. The van der Waals surface area contributed by atoms with Gasteiger partial charge in [0.05, 0.1) is 17.3 Å². The lowest BCUT2D eigenvalue weighted by atomic mass is 9.98. The number of ether oxygens (including phenoxy) is 1. The fourth-order valence-corrected chi connectivity index (χ4v) is 3.95. The Kier molecular flexibility index (Phi) is 7.78. The Morgan fingerprint density at radius 2 is 1.63 bits per heavy atom. The lowest BCUT2D eigenvalue weighted by Crippen LogP contribution is -2.30. The molecule has 38 heavy (non-hydrogen) atoms. The normalized spacial score (nSPS) is 12.1. The van der Waals surface area contributed by atoms with Crippen LogP contribution in [0.3, 0.4) is 0 Å².